The molecule has 2 heterocycles. The first-order chi connectivity index (χ1) is 16.0. The first kappa shape index (κ1) is 24.0. The van der Waals surface area contributed by atoms with Crippen LogP contribution >= 0.6 is 22.9 Å². The van der Waals surface area contributed by atoms with Gasteiger partial charge in [0.2, 0.25) is 0 Å². The summed E-state index contributed by atoms with van der Waals surface area (Å²) in [5, 5.41) is 5.50. The van der Waals surface area contributed by atoms with Crippen LogP contribution in [-0.4, -0.2) is 24.0 Å². The molecule has 0 bridgehead atoms. The van der Waals surface area contributed by atoms with Crippen LogP contribution < -0.4 is 4.72 Å². The maximum Gasteiger partial charge on any atom is 0.433 e. The molecule has 1 N–H and O–H groups in total. The minimum absolute atomic E-state index is 0.00787. The largest absolute Gasteiger partial charge is 0.433 e. The van der Waals surface area contributed by atoms with Crippen molar-refractivity contribution in [1.29, 1.82) is 0 Å². The predicted molar refractivity (Wildman–Crippen MR) is 124 cm³/mol. The molecule has 0 spiro atoms. The lowest BCUT2D eigenvalue weighted by molar-refractivity contribution is -0.143. The van der Waals surface area contributed by atoms with Crippen LogP contribution in [0.1, 0.15) is 21.6 Å². The zero-order valence-electron chi connectivity index (χ0n) is 17.3. The highest BCUT2D eigenvalue weighted by molar-refractivity contribution is 7.94. The van der Waals surface area contributed by atoms with Gasteiger partial charge in [-0.1, -0.05) is 41.9 Å². The average Bonchev–Trinajstić information content (AvgIpc) is 3.42. The number of carbonyl (C=O) groups is 1. The first-order valence-electron chi connectivity index (χ1n) is 9.58. The van der Waals surface area contributed by atoms with Crippen molar-refractivity contribution in [3.8, 4) is 11.3 Å². The Morgan fingerprint density at radius 3 is 2.44 bits per heavy atom. The van der Waals surface area contributed by atoms with E-state index in [9.17, 15) is 26.4 Å². The van der Waals surface area contributed by atoms with Crippen molar-refractivity contribution >= 4 is 44.4 Å². The Labute approximate surface area is 201 Å². The van der Waals surface area contributed by atoms with Crippen molar-refractivity contribution in [1.82, 2.24) is 9.78 Å². The Morgan fingerprint density at radius 2 is 1.79 bits per heavy atom. The lowest BCUT2D eigenvalue weighted by atomic mass is 10.0. The van der Waals surface area contributed by atoms with E-state index in [1.165, 1.54) is 29.6 Å². The van der Waals surface area contributed by atoms with Gasteiger partial charge in [0.25, 0.3) is 10.0 Å². The van der Waals surface area contributed by atoms with Crippen molar-refractivity contribution < 1.29 is 26.4 Å². The molecule has 4 rings (SSSR count). The average molecular weight is 526 g/mol. The minimum Gasteiger partial charge on any atom is -0.289 e. The molecule has 6 nitrogen and oxygen atoms in total. The third-order valence-corrected chi connectivity index (χ3v) is 7.91. The highest BCUT2D eigenvalue weighted by Gasteiger charge is 2.36. The molecule has 0 unspecified atom stereocenters. The molecule has 2 aromatic heterocycles. The van der Waals surface area contributed by atoms with Crippen molar-refractivity contribution in [3.63, 3.8) is 0 Å². The van der Waals surface area contributed by atoms with Crippen LogP contribution in [0, 0.1) is 0 Å². The number of anilines is 1. The van der Waals surface area contributed by atoms with Gasteiger partial charge in [0, 0.05) is 28.8 Å². The first-order valence-corrected chi connectivity index (χ1v) is 12.3. The van der Waals surface area contributed by atoms with Crippen LogP contribution in [0.15, 0.2) is 70.3 Å². The summed E-state index contributed by atoms with van der Waals surface area (Å²) < 4.78 is 68.8. The van der Waals surface area contributed by atoms with Gasteiger partial charge in [-0.15, -0.1) is 11.3 Å². The van der Waals surface area contributed by atoms with Crippen LogP contribution in [0.3, 0.4) is 0 Å². The summed E-state index contributed by atoms with van der Waals surface area (Å²) >= 11 is 6.86. The molecule has 4 aromatic rings. The number of hydrogen-bond acceptors (Lipinski definition) is 5. The van der Waals surface area contributed by atoms with E-state index in [4.69, 9.17) is 11.6 Å². The van der Waals surface area contributed by atoms with E-state index in [1.54, 1.807) is 30.3 Å². The highest BCUT2D eigenvalue weighted by atomic mass is 35.5. The van der Waals surface area contributed by atoms with Gasteiger partial charge in [0.15, 0.2) is 5.78 Å². The molecule has 0 aliphatic heterocycles. The molecule has 2 aromatic carbocycles. The predicted octanol–water partition coefficient (Wildman–Crippen LogP) is 5.85. The van der Waals surface area contributed by atoms with Crippen molar-refractivity contribution in [2.75, 3.05) is 4.72 Å². The van der Waals surface area contributed by atoms with Gasteiger partial charge in [-0.05, 0) is 35.7 Å². The van der Waals surface area contributed by atoms with Crippen LogP contribution in [0.2, 0.25) is 5.02 Å². The van der Waals surface area contributed by atoms with Crippen molar-refractivity contribution in [2.24, 2.45) is 7.05 Å². The molecule has 0 aliphatic carbocycles. The number of ketones is 1. The topological polar surface area (TPSA) is 81.1 Å². The van der Waals surface area contributed by atoms with Crippen LogP contribution in [0.5, 0.6) is 0 Å². The maximum absolute atomic E-state index is 13.2. The number of nitrogens with one attached hydrogen (secondary N) is 1. The number of halogens is 4. The van der Waals surface area contributed by atoms with E-state index in [-0.39, 0.29) is 31.7 Å². The van der Waals surface area contributed by atoms with Gasteiger partial charge >= 0.3 is 6.18 Å². The molecule has 0 atom stereocenters. The fourth-order valence-electron chi connectivity index (χ4n) is 3.29. The second-order valence-electron chi connectivity index (χ2n) is 7.15. The number of benzene rings is 2. The quantitative estimate of drug-likeness (QED) is 0.320. The fourth-order valence-corrected chi connectivity index (χ4v) is 5.91. The van der Waals surface area contributed by atoms with E-state index in [1.807, 2.05) is 0 Å². The molecule has 0 aliphatic rings. The number of carbonyl (C=O) groups excluding carboxylic acids is 1. The van der Waals surface area contributed by atoms with Crippen LogP contribution in [0.4, 0.5) is 18.9 Å². The number of thiophene rings is 1. The number of alkyl halides is 3. The van der Waals surface area contributed by atoms with Gasteiger partial charge in [0.05, 0.1) is 11.4 Å². The number of aryl methyl sites for hydroxylation is 1. The van der Waals surface area contributed by atoms with Crippen LogP contribution in [-0.2, 0) is 23.2 Å². The van der Waals surface area contributed by atoms with E-state index < -0.39 is 27.7 Å². The zero-order chi connectivity index (χ0) is 24.7. The Kier molecular flexibility index (Phi) is 6.28. The number of hydrogen-bond donors (Lipinski definition) is 1. The highest BCUT2D eigenvalue weighted by Crippen LogP contribution is 2.37. The summed E-state index contributed by atoms with van der Waals surface area (Å²) in [4.78, 5) is 13.0. The van der Waals surface area contributed by atoms with E-state index >= 15 is 0 Å². The summed E-state index contributed by atoms with van der Waals surface area (Å²) in [6.45, 7) is 0. The summed E-state index contributed by atoms with van der Waals surface area (Å²) in [5.74, 6) is -0.452. The van der Waals surface area contributed by atoms with E-state index in [0.29, 0.717) is 10.2 Å². The van der Waals surface area contributed by atoms with Gasteiger partial charge in [-0.25, -0.2) is 8.42 Å². The number of aromatic nitrogens is 2. The Hall–Kier alpha value is -3.15. The SMILES string of the molecule is Cn1nc(-c2ccsc2S(=O)(=O)Nc2ccc(Cl)cc2C(=O)c2ccccc2)cc1C(F)(F)F. The van der Waals surface area contributed by atoms with E-state index in [0.717, 1.165) is 24.5 Å². The number of nitrogens with zero attached hydrogens (tertiary/aromatic N) is 2. The van der Waals surface area contributed by atoms with E-state index in [2.05, 4.69) is 9.82 Å². The second-order valence-corrected chi connectivity index (χ2v) is 10.4. The Balaban J connectivity index is 1.73. The Morgan fingerprint density at radius 1 is 1.09 bits per heavy atom. The smallest absolute Gasteiger partial charge is 0.289 e. The zero-order valence-corrected chi connectivity index (χ0v) is 19.7. The lowest BCUT2D eigenvalue weighted by Gasteiger charge is -2.13. The number of rotatable bonds is 6. The molecule has 34 heavy (non-hydrogen) atoms. The molecular formula is C22H15ClF3N3O3S2. The molecule has 0 saturated heterocycles. The number of sulfonamides is 1. The molecular weight excluding hydrogens is 511 g/mol. The summed E-state index contributed by atoms with van der Waals surface area (Å²) in [7, 11) is -3.17. The summed E-state index contributed by atoms with van der Waals surface area (Å²) in [6.07, 6.45) is -4.65. The molecule has 0 amide bonds. The van der Waals surface area contributed by atoms with Gasteiger partial charge in [-0.3, -0.25) is 14.2 Å². The molecule has 0 fully saturated rings. The van der Waals surface area contributed by atoms with Crippen LogP contribution in [0.25, 0.3) is 11.3 Å². The summed E-state index contributed by atoms with van der Waals surface area (Å²) in [5.41, 5.74) is -0.817. The van der Waals surface area contributed by atoms with Crippen molar-refractivity contribution in [3.05, 3.63) is 87.9 Å². The monoisotopic (exact) mass is 525 g/mol. The summed E-state index contributed by atoms with van der Waals surface area (Å²) in [6, 6.07) is 14.5. The maximum atomic E-state index is 13.2. The minimum atomic E-state index is -4.65. The van der Waals surface area contributed by atoms with Gasteiger partial charge < -0.3 is 0 Å². The molecule has 176 valence electrons. The third-order valence-electron chi connectivity index (χ3n) is 4.83. The lowest BCUT2D eigenvalue weighted by Crippen LogP contribution is -2.15. The molecule has 12 heteroatoms. The normalized spacial score (nSPS) is 12.0. The Bertz CT molecular complexity index is 1480. The van der Waals surface area contributed by atoms with Gasteiger partial charge in [0.1, 0.15) is 9.90 Å². The third kappa shape index (κ3) is 4.72. The molecule has 0 radical (unpaired) electrons. The van der Waals surface area contributed by atoms with Crippen molar-refractivity contribution in [2.45, 2.75) is 10.4 Å². The molecule has 0 saturated carbocycles. The fraction of sp³-hybridized carbons (Fsp3) is 0.0909. The standard InChI is InChI=1S/C22H15ClF3N3O3S2/c1-29-19(22(24,25)26)12-18(27-29)15-9-10-33-21(15)34(31,32)28-17-8-7-14(23)11-16(17)20(30)13-5-3-2-4-6-13/h2-12,28H,1H3. The van der Waals surface area contributed by atoms with Gasteiger partial charge in [-0.2, -0.15) is 18.3 Å². The second kappa shape index (κ2) is 8.90.